The zero-order valence-corrected chi connectivity index (χ0v) is 19.5. The van der Waals surface area contributed by atoms with Crippen molar-refractivity contribution in [2.75, 3.05) is 12.0 Å². The summed E-state index contributed by atoms with van der Waals surface area (Å²) in [6.45, 7) is 5.60. The number of pyridine rings is 1. The van der Waals surface area contributed by atoms with Crippen molar-refractivity contribution in [2.45, 2.75) is 33.6 Å². The minimum Gasteiger partial charge on any atom is -0.492 e. The zero-order chi connectivity index (χ0) is 25.3. The molecular formula is C26H23N5O4. The van der Waals surface area contributed by atoms with Crippen LogP contribution in [0.1, 0.15) is 68.3 Å². The summed E-state index contributed by atoms with van der Waals surface area (Å²) < 4.78 is 0.883. The number of benzene rings is 2. The van der Waals surface area contributed by atoms with Gasteiger partial charge in [0.1, 0.15) is 17.3 Å². The average molecular weight is 470 g/mol. The highest BCUT2D eigenvalue weighted by molar-refractivity contribution is 6.30. The van der Waals surface area contributed by atoms with Crippen LogP contribution in [0.5, 0.6) is 5.88 Å². The van der Waals surface area contributed by atoms with Crippen LogP contribution >= 0.6 is 0 Å². The summed E-state index contributed by atoms with van der Waals surface area (Å²) in [4.78, 5) is 39.0. The number of nitrogens with one attached hydrogen (secondary N) is 1. The fourth-order valence-corrected chi connectivity index (χ4v) is 4.03. The predicted molar refractivity (Wildman–Crippen MR) is 130 cm³/mol. The van der Waals surface area contributed by atoms with E-state index in [1.54, 1.807) is 43.3 Å². The second-order valence-corrected chi connectivity index (χ2v) is 8.24. The van der Waals surface area contributed by atoms with Gasteiger partial charge in [-0.2, -0.15) is 9.94 Å². The molecule has 9 nitrogen and oxygen atoms in total. The molecule has 1 aliphatic carbocycles. The second-order valence-electron chi connectivity index (χ2n) is 8.24. The summed E-state index contributed by atoms with van der Waals surface area (Å²) in [5.74, 6) is -1.13. The molecule has 9 heteroatoms. The third-order valence-corrected chi connectivity index (χ3v) is 6.00. The number of ketones is 2. The van der Waals surface area contributed by atoms with Crippen LogP contribution in [0.4, 0.5) is 11.4 Å². The Hall–Kier alpha value is -4.58. The number of aromatic nitrogens is 1. The lowest BCUT2D eigenvalue weighted by Gasteiger charge is -2.19. The molecule has 0 saturated heterocycles. The lowest BCUT2D eigenvalue weighted by molar-refractivity contribution is 0.0979. The third-order valence-electron chi connectivity index (χ3n) is 6.00. The maximum absolute atomic E-state index is 13.3. The normalized spacial score (nSPS) is 12.4. The number of aromatic hydroxyl groups is 1. The molecule has 0 radical (unpaired) electrons. The summed E-state index contributed by atoms with van der Waals surface area (Å²) in [5.41, 5.74) is 3.74. The molecule has 0 aliphatic heterocycles. The SMILES string of the molecule is CCCCNn1c(O)c(/N=N/c2c(C)ccc3c2C(=O)c2ccccc2C3=O)c(C)c(C#N)c1=O. The van der Waals surface area contributed by atoms with E-state index in [0.29, 0.717) is 17.7 Å². The van der Waals surface area contributed by atoms with Crippen LogP contribution in [0.2, 0.25) is 0 Å². The molecule has 0 saturated carbocycles. The molecule has 1 aromatic heterocycles. The second kappa shape index (κ2) is 9.35. The fraction of sp³-hybridized carbons (Fsp3) is 0.231. The van der Waals surface area contributed by atoms with Crippen molar-refractivity contribution in [3.8, 4) is 11.9 Å². The highest BCUT2D eigenvalue weighted by Crippen LogP contribution is 2.38. The van der Waals surface area contributed by atoms with Crippen molar-refractivity contribution in [1.29, 1.82) is 5.26 Å². The summed E-state index contributed by atoms with van der Waals surface area (Å²) in [5, 5.41) is 28.7. The van der Waals surface area contributed by atoms with Crippen LogP contribution in [0.15, 0.2) is 51.4 Å². The van der Waals surface area contributed by atoms with Crippen molar-refractivity contribution >= 4 is 22.9 Å². The molecule has 0 amide bonds. The number of unbranched alkanes of at least 4 members (excludes halogenated alkanes) is 1. The van der Waals surface area contributed by atoms with Gasteiger partial charge in [0, 0.05) is 28.8 Å². The molecule has 1 aliphatic rings. The average Bonchev–Trinajstić information content (AvgIpc) is 2.85. The van der Waals surface area contributed by atoms with Gasteiger partial charge in [0.05, 0.1) is 5.56 Å². The van der Waals surface area contributed by atoms with E-state index in [1.165, 1.54) is 6.92 Å². The van der Waals surface area contributed by atoms with Gasteiger partial charge in [0.15, 0.2) is 17.3 Å². The van der Waals surface area contributed by atoms with E-state index in [9.17, 15) is 24.8 Å². The summed E-state index contributed by atoms with van der Waals surface area (Å²) >= 11 is 0. The first-order valence-corrected chi connectivity index (χ1v) is 11.2. The van der Waals surface area contributed by atoms with Gasteiger partial charge >= 0.3 is 0 Å². The number of carbonyl (C=O) groups excluding carboxylic acids is 2. The molecule has 176 valence electrons. The quantitative estimate of drug-likeness (QED) is 0.313. The Morgan fingerprint density at radius 1 is 0.971 bits per heavy atom. The number of aryl methyl sites for hydroxylation is 1. The predicted octanol–water partition coefficient (Wildman–Crippen LogP) is 4.58. The van der Waals surface area contributed by atoms with Crippen LogP contribution in [0, 0.1) is 25.2 Å². The number of azo groups is 1. The van der Waals surface area contributed by atoms with Crippen molar-refractivity contribution < 1.29 is 14.7 Å². The monoisotopic (exact) mass is 469 g/mol. The van der Waals surface area contributed by atoms with Crippen LogP contribution in [-0.2, 0) is 0 Å². The van der Waals surface area contributed by atoms with Gasteiger partial charge in [-0.25, -0.2) is 0 Å². The van der Waals surface area contributed by atoms with E-state index in [-0.39, 0.29) is 50.8 Å². The zero-order valence-electron chi connectivity index (χ0n) is 19.5. The number of carbonyl (C=O) groups is 2. The number of fused-ring (bicyclic) bond motifs is 2. The highest BCUT2D eigenvalue weighted by atomic mass is 16.3. The molecule has 0 bridgehead atoms. The Balaban J connectivity index is 1.87. The summed E-state index contributed by atoms with van der Waals surface area (Å²) in [6, 6.07) is 11.7. The number of hydrogen-bond donors (Lipinski definition) is 2. The van der Waals surface area contributed by atoms with Crippen LogP contribution in [0.3, 0.4) is 0 Å². The van der Waals surface area contributed by atoms with Gasteiger partial charge in [-0.15, -0.1) is 10.2 Å². The Morgan fingerprint density at radius 2 is 1.63 bits per heavy atom. The van der Waals surface area contributed by atoms with Gasteiger partial charge in [0.25, 0.3) is 5.56 Å². The maximum atomic E-state index is 13.3. The van der Waals surface area contributed by atoms with Crippen molar-refractivity contribution in [3.05, 3.63) is 85.7 Å². The molecule has 2 N–H and O–H groups in total. The number of nitrogens with zero attached hydrogens (tertiary/aromatic N) is 4. The van der Waals surface area contributed by atoms with Gasteiger partial charge in [0.2, 0.25) is 5.88 Å². The lowest BCUT2D eigenvalue weighted by Crippen LogP contribution is -2.31. The topological polar surface area (TPSA) is 137 Å². The van der Waals surface area contributed by atoms with Crippen LogP contribution in [0.25, 0.3) is 0 Å². The molecule has 1 heterocycles. The van der Waals surface area contributed by atoms with Crippen LogP contribution < -0.4 is 11.0 Å². The van der Waals surface area contributed by atoms with Crippen molar-refractivity contribution in [3.63, 3.8) is 0 Å². The maximum Gasteiger partial charge on any atom is 0.290 e. The minimum absolute atomic E-state index is 0.0860. The van der Waals surface area contributed by atoms with E-state index in [2.05, 4.69) is 15.7 Å². The standard InChI is InChI=1S/C26H23N5O4/c1-4-5-12-28-31-25(34)19(13-27)15(3)22(26(31)35)30-29-21-14(2)10-11-18-20(21)24(33)17-9-7-6-8-16(17)23(18)32/h6-11,28,35H,4-5,12H2,1-3H3/b30-29+. The Labute approximate surface area is 201 Å². The van der Waals surface area contributed by atoms with E-state index in [0.717, 1.165) is 17.5 Å². The molecule has 35 heavy (non-hydrogen) atoms. The van der Waals surface area contributed by atoms with Gasteiger partial charge < -0.3 is 10.5 Å². The molecule has 0 atom stereocenters. The highest BCUT2D eigenvalue weighted by Gasteiger charge is 2.32. The first-order chi connectivity index (χ1) is 16.8. The first kappa shape index (κ1) is 23.6. The number of hydrogen-bond acceptors (Lipinski definition) is 8. The van der Waals surface area contributed by atoms with Crippen molar-refractivity contribution in [1.82, 2.24) is 4.68 Å². The third kappa shape index (κ3) is 3.89. The molecule has 0 fully saturated rings. The van der Waals surface area contributed by atoms with Crippen molar-refractivity contribution in [2.24, 2.45) is 10.2 Å². The lowest BCUT2D eigenvalue weighted by atomic mass is 9.82. The molecule has 3 aromatic rings. The Kier molecular flexibility index (Phi) is 6.30. The molecule has 0 unspecified atom stereocenters. The van der Waals surface area contributed by atoms with Gasteiger partial charge in [-0.1, -0.05) is 43.7 Å². The van der Waals surface area contributed by atoms with Crippen LogP contribution in [-0.4, -0.2) is 27.9 Å². The molecular weight excluding hydrogens is 446 g/mol. The number of rotatable bonds is 6. The van der Waals surface area contributed by atoms with E-state index >= 15 is 0 Å². The van der Waals surface area contributed by atoms with Gasteiger partial charge in [-0.05, 0) is 31.9 Å². The minimum atomic E-state index is -0.691. The summed E-state index contributed by atoms with van der Waals surface area (Å²) in [7, 11) is 0. The smallest absolute Gasteiger partial charge is 0.290 e. The van der Waals surface area contributed by atoms with E-state index in [1.807, 2.05) is 13.0 Å². The molecule has 0 spiro atoms. The largest absolute Gasteiger partial charge is 0.492 e. The van der Waals surface area contributed by atoms with E-state index in [4.69, 9.17) is 0 Å². The summed E-state index contributed by atoms with van der Waals surface area (Å²) in [6.07, 6.45) is 1.60. The Bertz CT molecular complexity index is 1510. The fourth-order valence-electron chi connectivity index (χ4n) is 4.03. The number of nitriles is 1. The molecule has 4 rings (SSSR count). The first-order valence-electron chi connectivity index (χ1n) is 11.2. The molecule has 2 aromatic carbocycles. The van der Waals surface area contributed by atoms with Gasteiger partial charge in [-0.3, -0.25) is 14.4 Å². The Morgan fingerprint density at radius 3 is 2.29 bits per heavy atom. The van der Waals surface area contributed by atoms with E-state index < -0.39 is 11.4 Å².